The van der Waals surface area contributed by atoms with Crippen molar-refractivity contribution in [2.24, 2.45) is 0 Å². The highest BCUT2D eigenvalue weighted by Gasteiger charge is 2.01. The first-order valence-corrected chi connectivity index (χ1v) is 5.37. The Morgan fingerprint density at radius 1 is 1.54 bits per heavy atom. The number of hydrogen-bond donors (Lipinski definition) is 0. The molecule has 0 amide bonds. The minimum atomic E-state index is 0.535. The van der Waals surface area contributed by atoms with Crippen LogP contribution in [0.4, 0.5) is 0 Å². The molecule has 0 radical (unpaired) electrons. The van der Waals surface area contributed by atoms with Crippen molar-refractivity contribution in [2.75, 3.05) is 12.5 Å². The Morgan fingerprint density at radius 3 is 2.92 bits per heavy atom. The van der Waals surface area contributed by atoms with Crippen molar-refractivity contribution in [3.63, 3.8) is 0 Å². The van der Waals surface area contributed by atoms with E-state index in [-0.39, 0.29) is 0 Å². The van der Waals surface area contributed by atoms with Crippen LogP contribution in [0.1, 0.15) is 12.8 Å². The lowest BCUT2D eigenvalue weighted by Gasteiger charge is -2.08. The molecule has 2 nitrogen and oxygen atoms in total. The first kappa shape index (κ1) is 10.5. The van der Waals surface area contributed by atoms with Gasteiger partial charge in [0.15, 0.2) is 0 Å². The normalized spacial score (nSPS) is 15.5. The van der Waals surface area contributed by atoms with E-state index in [0.717, 1.165) is 17.0 Å². The molecule has 0 aromatic carbocycles. The van der Waals surface area contributed by atoms with Gasteiger partial charge in [0.1, 0.15) is 5.76 Å². The van der Waals surface area contributed by atoms with E-state index in [9.17, 15) is 4.21 Å². The third-order valence-corrected chi connectivity index (χ3v) is 2.38. The number of rotatable bonds is 4. The van der Waals surface area contributed by atoms with Crippen LogP contribution in [0.25, 0.3) is 0 Å². The summed E-state index contributed by atoms with van der Waals surface area (Å²) in [4.78, 5) is 0.824. The molecule has 0 heterocycles. The van der Waals surface area contributed by atoms with Crippen LogP contribution >= 0.6 is 11.6 Å². The molecule has 0 aromatic rings. The van der Waals surface area contributed by atoms with Gasteiger partial charge in [-0.15, -0.1) is 11.6 Å². The minimum absolute atomic E-state index is 0.535. The molecular weight excluding hydrogens is 208 g/mol. The van der Waals surface area contributed by atoms with Gasteiger partial charge >= 0.3 is 0 Å². The van der Waals surface area contributed by atoms with Crippen molar-refractivity contribution in [3.05, 3.63) is 24.0 Å². The Hall–Kier alpha value is -0.540. The van der Waals surface area contributed by atoms with Gasteiger partial charge in [-0.2, -0.15) is 0 Å². The number of halogens is 1. The van der Waals surface area contributed by atoms with E-state index in [4.69, 9.17) is 16.3 Å². The second kappa shape index (κ2) is 6.00. The Morgan fingerprint density at radius 2 is 2.38 bits per heavy atom. The third-order valence-electron chi connectivity index (χ3n) is 1.59. The molecule has 13 heavy (non-hydrogen) atoms. The molecule has 0 fully saturated rings. The summed E-state index contributed by atoms with van der Waals surface area (Å²) in [5.74, 6) is 1.45. The van der Waals surface area contributed by atoms with Crippen molar-refractivity contribution >= 4 is 27.7 Å². The van der Waals surface area contributed by atoms with Crippen LogP contribution in [-0.2, 0) is 16.0 Å². The fourth-order valence-corrected chi connectivity index (χ4v) is 1.31. The van der Waals surface area contributed by atoms with E-state index in [1.54, 1.807) is 6.08 Å². The maximum Gasteiger partial charge on any atom is 0.115 e. The molecule has 0 spiro atoms. The minimum Gasteiger partial charge on any atom is -0.494 e. The molecule has 1 aliphatic carbocycles. The molecule has 0 aliphatic heterocycles. The molecule has 0 aromatic heterocycles. The molecule has 0 N–H and O–H groups in total. The summed E-state index contributed by atoms with van der Waals surface area (Å²) in [5, 5.41) is 0. The van der Waals surface area contributed by atoms with E-state index in [2.05, 4.69) is 0 Å². The van der Waals surface area contributed by atoms with Gasteiger partial charge in [-0.25, -0.2) is 4.21 Å². The highest BCUT2D eigenvalue weighted by atomic mass is 35.5. The Bertz CT molecular complexity index is 277. The van der Waals surface area contributed by atoms with Crippen LogP contribution < -0.4 is 0 Å². The fourth-order valence-electron chi connectivity index (χ4n) is 0.926. The second-order valence-electron chi connectivity index (χ2n) is 2.58. The topological polar surface area (TPSA) is 26.3 Å². The quantitative estimate of drug-likeness (QED) is 0.409. The molecule has 1 rings (SSSR count). The molecular formula is C9H11ClO2S. The SMILES string of the molecule is O=S=C1C=CC(OCCCCl)=CC1. The monoisotopic (exact) mass is 218 g/mol. The van der Waals surface area contributed by atoms with Gasteiger partial charge in [0, 0.05) is 17.2 Å². The first-order chi connectivity index (χ1) is 6.36. The highest BCUT2D eigenvalue weighted by Crippen LogP contribution is 2.09. The van der Waals surface area contributed by atoms with Gasteiger partial charge in [0.2, 0.25) is 0 Å². The molecule has 0 bridgehead atoms. The second-order valence-corrected chi connectivity index (χ2v) is 3.65. The van der Waals surface area contributed by atoms with Crippen molar-refractivity contribution in [1.29, 1.82) is 0 Å². The van der Waals surface area contributed by atoms with E-state index >= 15 is 0 Å². The summed E-state index contributed by atoms with van der Waals surface area (Å²) in [5.41, 5.74) is 0. The van der Waals surface area contributed by atoms with E-state index in [1.807, 2.05) is 12.2 Å². The molecule has 0 atom stereocenters. The van der Waals surface area contributed by atoms with Crippen LogP contribution in [-0.4, -0.2) is 21.6 Å². The molecule has 1 aliphatic rings. The largest absolute Gasteiger partial charge is 0.494 e. The van der Waals surface area contributed by atoms with Crippen LogP contribution in [0, 0.1) is 0 Å². The number of ether oxygens (including phenoxy) is 1. The number of allylic oxidation sites excluding steroid dienone is 3. The van der Waals surface area contributed by atoms with Crippen molar-refractivity contribution in [2.45, 2.75) is 12.8 Å². The Kier molecular flexibility index (Phi) is 4.86. The molecule has 72 valence electrons. The summed E-state index contributed by atoms with van der Waals surface area (Å²) in [6, 6.07) is 0. The first-order valence-electron chi connectivity index (χ1n) is 4.09. The smallest absolute Gasteiger partial charge is 0.115 e. The average molecular weight is 219 g/mol. The average Bonchev–Trinajstić information content (AvgIpc) is 2.19. The maximum absolute atomic E-state index is 10.4. The maximum atomic E-state index is 10.4. The Balaban J connectivity index is 2.35. The van der Waals surface area contributed by atoms with Gasteiger partial charge in [0.25, 0.3) is 0 Å². The van der Waals surface area contributed by atoms with Crippen molar-refractivity contribution < 1.29 is 8.95 Å². The van der Waals surface area contributed by atoms with E-state index in [1.165, 1.54) is 0 Å². The summed E-state index contributed by atoms with van der Waals surface area (Å²) < 4.78 is 15.8. The van der Waals surface area contributed by atoms with Gasteiger partial charge in [-0.3, -0.25) is 0 Å². The van der Waals surface area contributed by atoms with Gasteiger partial charge in [-0.1, -0.05) is 0 Å². The lowest BCUT2D eigenvalue weighted by atomic mass is 10.2. The van der Waals surface area contributed by atoms with E-state index < -0.39 is 0 Å². The molecule has 0 saturated heterocycles. The molecule has 4 heteroatoms. The predicted molar refractivity (Wildman–Crippen MR) is 56.3 cm³/mol. The standard InChI is InChI=1S/C9H11ClO2S/c10-6-1-7-12-8-2-4-9(13-11)5-3-8/h2-4H,1,5-7H2. The van der Waals surface area contributed by atoms with Gasteiger partial charge in [0.05, 0.1) is 17.9 Å². The fraction of sp³-hybridized carbons (Fsp3) is 0.444. The predicted octanol–water partition coefficient (Wildman–Crippen LogP) is 1.86. The molecule has 0 unspecified atom stereocenters. The summed E-state index contributed by atoms with van der Waals surface area (Å²) in [7, 11) is 0. The van der Waals surface area contributed by atoms with Gasteiger partial charge < -0.3 is 4.74 Å². The van der Waals surface area contributed by atoms with Crippen molar-refractivity contribution in [3.8, 4) is 0 Å². The summed E-state index contributed by atoms with van der Waals surface area (Å²) in [6.07, 6.45) is 7.06. The zero-order valence-corrected chi connectivity index (χ0v) is 8.74. The zero-order valence-electron chi connectivity index (χ0n) is 7.16. The van der Waals surface area contributed by atoms with Crippen LogP contribution in [0.3, 0.4) is 0 Å². The summed E-state index contributed by atoms with van der Waals surface area (Å²) in [6.45, 7) is 0.638. The Labute approximate surface area is 86.3 Å². The lowest BCUT2D eigenvalue weighted by Crippen LogP contribution is -2.01. The zero-order chi connectivity index (χ0) is 9.52. The van der Waals surface area contributed by atoms with Crippen LogP contribution in [0.2, 0.25) is 0 Å². The number of alkyl halides is 1. The van der Waals surface area contributed by atoms with Crippen LogP contribution in [0.5, 0.6) is 0 Å². The van der Waals surface area contributed by atoms with E-state index in [0.29, 0.717) is 30.2 Å². The molecule has 0 saturated carbocycles. The summed E-state index contributed by atoms with van der Waals surface area (Å²) >= 11 is 6.03. The third kappa shape index (κ3) is 3.79. The highest BCUT2D eigenvalue weighted by molar-refractivity contribution is 7.66. The van der Waals surface area contributed by atoms with Gasteiger partial charge in [-0.05, 0) is 24.6 Å². The van der Waals surface area contributed by atoms with Crippen LogP contribution in [0.15, 0.2) is 24.0 Å². The van der Waals surface area contributed by atoms with Crippen molar-refractivity contribution in [1.82, 2.24) is 0 Å². The number of hydrogen-bond acceptors (Lipinski definition) is 2. The lowest BCUT2D eigenvalue weighted by molar-refractivity contribution is 0.224.